The van der Waals surface area contributed by atoms with Crippen LogP contribution in [0.2, 0.25) is 0 Å². The van der Waals surface area contributed by atoms with Gasteiger partial charge in [0.2, 0.25) is 11.8 Å². The second-order valence-electron chi connectivity index (χ2n) is 10.2. The Hall–Kier alpha value is -2.96. The van der Waals surface area contributed by atoms with Gasteiger partial charge in [-0.05, 0) is 69.6 Å². The standard InChI is InChI=1S/C27H35N5O2/c1-18-7-6-14-31(17-18)27(34)21-12-15-30(16-13-21)25(33)11-10-22-19(2)28-26-23-8-4-5-9-24(23)29-32(26)20(22)3/h4-5,8-9,18,21H,6-7,10-17H2,1-3H3. The van der Waals surface area contributed by atoms with Crippen LogP contribution in [0.25, 0.3) is 16.6 Å². The smallest absolute Gasteiger partial charge is 0.225 e. The molecule has 2 aromatic heterocycles. The largest absolute Gasteiger partial charge is 0.343 e. The first-order chi connectivity index (χ1) is 16.4. The van der Waals surface area contributed by atoms with E-state index in [0.29, 0.717) is 37.8 Å². The van der Waals surface area contributed by atoms with Gasteiger partial charge in [-0.2, -0.15) is 5.10 Å². The Balaban J connectivity index is 1.20. The molecule has 0 spiro atoms. The van der Waals surface area contributed by atoms with Crippen LogP contribution in [0, 0.1) is 25.7 Å². The van der Waals surface area contributed by atoms with Crippen LogP contribution in [-0.2, 0) is 16.0 Å². The molecule has 1 atom stereocenters. The average Bonchev–Trinajstić information content (AvgIpc) is 3.22. The molecule has 3 aromatic rings. The van der Waals surface area contributed by atoms with E-state index in [1.54, 1.807) is 0 Å². The maximum atomic E-state index is 13.0. The molecular weight excluding hydrogens is 426 g/mol. The number of amides is 2. The van der Waals surface area contributed by atoms with Crippen LogP contribution in [-0.4, -0.2) is 62.4 Å². The summed E-state index contributed by atoms with van der Waals surface area (Å²) in [5.74, 6) is 1.14. The molecule has 7 nitrogen and oxygen atoms in total. The van der Waals surface area contributed by atoms with Crippen molar-refractivity contribution in [3.63, 3.8) is 0 Å². The van der Waals surface area contributed by atoms with Crippen molar-refractivity contribution in [3.05, 3.63) is 41.2 Å². The zero-order chi connectivity index (χ0) is 23.8. The summed E-state index contributed by atoms with van der Waals surface area (Å²) in [5, 5.41) is 5.77. The van der Waals surface area contributed by atoms with Gasteiger partial charge >= 0.3 is 0 Å². The Bertz CT molecular complexity index is 1220. The number of hydrogen-bond acceptors (Lipinski definition) is 4. The van der Waals surface area contributed by atoms with Crippen molar-refractivity contribution in [1.29, 1.82) is 0 Å². The quantitative estimate of drug-likeness (QED) is 0.590. The van der Waals surface area contributed by atoms with E-state index in [9.17, 15) is 9.59 Å². The molecule has 1 aromatic carbocycles. The molecule has 2 aliphatic heterocycles. The summed E-state index contributed by atoms with van der Waals surface area (Å²) < 4.78 is 1.91. The average molecular weight is 462 g/mol. The molecule has 2 aliphatic rings. The number of fused-ring (bicyclic) bond motifs is 3. The van der Waals surface area contributed by atoms with E-state index in [4.69, 9.17) is 10.1 Å². The van der Waals surface area contributed by atoms with E-state index in [1.807, 2.05) is 40.6 Å². The van der Waals surface area contributed by atoms with Crippen LogP contribution in [0.1, 0.15) is 56.0 Å². The second kappa shape index (κ2) is 9.35. The maximum absolute atomic E-state index is 13.0. The third-order valence-electron chi connectivity index (χ3n) is 7.77. The van der Waals surface area contributed by atoms with E-state index in [-0.39, 0.29) is 11.8 Å². The van der Waals surface area contributed by atoms with Crippen LogP contribution in [0.3, 0.4) is 0 Å². The summed E-state index contributed by atoms with van der Waals surface area (Å²) in [6.07, 6.45) is 4.99. The summed E-state index contributed by atoms with van der Waals surface area (Å²) in [4.78, 5) is 34.8. The van der Waals surface area contributed by atoms with Gasteiger partial charge in [-0.3, -0.25) is 9.59 Å². The van der Waals surface area contributed by atoms with E-state index in [2.05, 4.69) is 18.7 Å². The van der Waals surface area contributed by atoms with Crippen LogP contribution >= 0.6 is 0 Å². The summed E-state index contributed by atoms with van der Waals surface area (Å²) in [6.45, 7) is 9.45. The van der Waals surface area contributed by atoms with E-state index in [0.717, 1.165) is 65.9 Å². The lowest BCUT2D eigenvalue weighted by Crippen LogP contribution is -2.47. The minimum atomic E-state index is 0.0689. The highest BCUT2D eigenvalue weighted by atomic mass is 16.2. The molecule has 0 saturated carbocycles. The molecule has 0 radical (unpaired) electrons. The molecule has 2 amide bonds. The first-order valence-corrected chi connectivity index (χ1v) is 12.7. The summed E-state index contributed by atoms with van der Waals surface area (Å²) in [5.41, 5.74) is 4.91. The monoisotopic (exact) mass is 461 g/mol. The number of piperidine rings is 2. The van der Waals surface area contributed by atoms with Crippen LogP contribution in [0.4, 0.5) is 0 Å². The topological polar surface area (TPSA) is 70.8 Å². The second-order valence-corrected chi connectivity index (χ2v) is 10.2. The van der Waals surface area contributed by atoms with Gasteiger partial charge < -0.3 is 9.80 Å². The van der Waals surface area contributed by atoms with Gasteiger partial charge in [0.05, 0.1) is 5.52 Å². The molecular formula is C27H35N5O2. The number of benzene rings is 1. The number of likely N-dealkylation sites (tertiary alicyclic amines) is 2. The molecule has 34 heavy (non-hydrogen) atoms. The number of nitrogens with zero attached hydrogens (tertiary/aromatic N) is 5. The van der Waals surface area contributed by atoms with Crippen molar-refractivity contribution in [1.82, 2.24) is 24.4 Å². The van der Waals surface area contributed by atoms with Gasteiger partial charge in [0.15, 0.2) is 5.65 Å². The summed E-state index contributed by atoms with van der Waals surface area (Å²) >= 11 is 0. The van der Waals surface area contributed by atoms with Gasteiger partial charge in [-0.1, -0.05) is 19.1 Å². The van der Waals surface area contributed by atoms with Crippen LogP contribution in [0.15, 0.2) is 24.3 Å². The number of carbonyl (C=O) groups is 2. The first-order valence-electron chi connectivity index (χ1n) is 12.7. The Labute approximate surface area is 201 Å². The first kappa shape index (κ1) is 22.8. The minimum Gasteiger partial charge on any atom is -0.343 e. The predicted octanol–water partition coefficient (Wildman–Crippen LogP) is 3.93. The lowest BCUT2D eigenvalue weighted by molar-refractivity contribution is -0.142. The lowest BCUT2D eigenvalue weighted by atomic mass is 9.92. The number of aromatic nitrogens is 3. The third-order valence-corrected chi connectivity index (χ3v) is 7.77. The highest BCUT2D eigenvalue weighted by molar-refractivity contribution is 5.92. The van der Waals surface area contributed by atoms with E-state index >= 15 is 0 Å². The lowest BCUT2D eigenvalue weighted by Gasteiger charge is -2.37. The number of carbonyl (C=O) groups excluding carboxylic acids is 2. The fourth-order valence-corrected chi connectivity index (χ4v) is 5.75. The SMILES string of the molecule is Cc1nc2c3ccccc3nn2c(C)c1CCC(=O)N1CCC(C(=O)N2CCCC(C)C2)CC1. The van der Waals surface area contributed by atoms with Crippen LogP contribution < -0.4 is 0 Å². The minimum absolute atomic E-state index is 0.0689. The zero-order valence-electron chi connectivity index (χ0n) is 20.6. The molecule has 7 heteroatoms. The van der Waals surface area contributed by atoms with Gasteiger partial charge in [0.25, 0.3) is 0 Å². The van der Waals surface area contributed by atoms with E-state index < -0.39 is 0 Å². The summed E-state index contributed by atoms with van der Waals surface area (Å²) in [6, 6.07) is 8.04. The molecule has 5 rings (SSSR count). The van der Waals surface area contributed by atoms with E-state index in [1.165, 1.54) is 6.42 Å². The molecule has 180 valence electrons. The molecule has 0 N–H and O–H groups in total. The molecule has 4 heterocycles. The van der Waals surface area contributed by atoms with Gasteiger partial charge in [0.1, 0.15) is 0 Å². The Morgan fingerprint density at radius 3 is 2.56 bits per heavy atom. The molecule has 2 fully saturated rings. The number of aryl methyl sites for hydroxylation is 2. The van der Waals surface area contributed by atoms with Gasteiger partial charge in [-0.25, -0.2) is 9.50 Å². The molecule has 0 bridgehead atoms. The Morgan fingerprint density at radius 2 is 1.79 bits per heavy atom. The van der Waals surface area contributed by atoms with Crippen molar-refractivity contribution >= 4 is 28.4 Å². The Morgan fingerprint density at radius 1 is 1.03 bits per heavy atom. The fraction of sp³-hybridized carbons (Fsp3) is 0.556. The van der Waals surface area contributed by atoms with Gasteiger partial charge in [0, 0.05) is 55.3 Å². The van der Waals surface area contributed by atoms with Crippen molar-refractivity contribution in [2.45, 2.75) is 59.3 Å². The normalized spacial score (nSPS) is 19.8. The molecule has 2 saturated heterocycles. The fourth-order valence-electron chi connectivity index (χ4n) is 5.75. The van der Waals surface area contributed by atoms with Crippen molar-refractivity contribution in [2.75, 3.05) is 26.2 Å². The predicted molar refractivity (Wildman–Crippen MR) is 133 cm³/mol. The number of rotatable bonds is 4. The third kappa shape index (κ3) is 4.28. The highest BCUT2D eigenvalue weighted by Crippen LogP contribution is 2.26. The highest BCUT2D eigenvalue weighted by Gasteiger charge is 2.31. The Kier molecular flexibility index (Phi) is 6.28. The molecule has 1 unspecified atom stereocenters. The molecule has 0 aliphatic carbocycles. The van der Waals surface area contributed by atoms with Crippen molar-refractivity contribution in [3.8, 4) is 0 Å². The summed E-state index contributed by atoms with van der Waals surface area (Å²) in [7, 11) is 0. The number of hydrogen-bond donors (Lipinski definition) is 0. The van der Waals surface area contributed by atoms with Crippen LogP contribution in [0.5, 0.6) is 0 Å². The van der Waals surface area contributed by atoms with Gasteiger partial charge in [-0.15, -0.1) is 0 Å². The van der Waals surface area contributed by atoms with Crippen molar-refractivity contribution < 1.29 is 9.59 Å². The zero-order valence-corrected chi connectivity index (χ0v) is 20.6. The maximum Gasteiger partial charge on any atom is 0.225 e. The van der Waals surface area contributed by atoms with Crippen molar-refractivity contribution in [2.24, 2.45) is 11.8 Å².